The number of benzene rings is 1. The summed E-state index contributed by atoms with van der Waals surface area (Å²) < 4.78 is 3.17. The van der Waals surface area contributed by atoms with Crippen LogP contribution in [0, 0.1) is 0 Å². The van der Waals surface area contributed by atoms with Crippen LogP contribution in [0.5, 0.6) is 0 Å². The van der Waals surface area contributed by atoms with Gasteiger partial charge in [0.05, 0.1) is 28.5 Å². The molecule has 6 nitrogen and oxygen atoms in total. The number of pyridine rings is 1. The van der Waals surface area contributed by atoms with Gasteiger partial charge in [-0.3, -0.25) is 9.36 Å². The molecule has 0 atom stereocenters. The lowest BCUT2D eigenvalue weighted by atomic mass is 10.2. The smallest absolute Gasteiger partial charge is 0.266 e. The molecule has 0 spiro atoms. The van der Waals surface area contributed by atoms with Crippen LogP contribution in [-0.2, 0) is 0 Å². The number of nitrogen functional groups attached to an aromatic ring is 1. The lowest BCUT2D eigenvalue weighted by Crippen LogP contribution is -2.19. The first-order chi connectivity index (χ1) is 10.3. The maximum Gasteiger partial charge on any atom is 0.266 e. The first-order valence-electron chi connectivity index (χ1n) is 6.45. The van der Waals surface area contributed by atoms with Crippen molar-refractivity contribution in [3.63, 3.8) is 0 Å². The molecule has 2 N–H and O–H groups in total. The molecule has 0 radical (unpaired) electrons. The Morgan fingerprint density at radius 3 is 2.81 bits per heavy atom. The van der Waals surface area contributed by atoms with Crippen molar-refractivity contribution >= 4 is 22.2 Å². The lowest BCUT2D eigenvalue weighted by Gasteiger charge is -2.10. The Balaban J connectivity index is 2.10. The summed E-state index contributed by atoms with van der Waals surface area (Å²) >= 11 is 0. The average molecular weight is 277 g/mol. The third-order valence-electron chi connectivity index (χ3n) is 3.48. The number of para-hydroxylation sites is 2. The molecule has 0 saturated carbocycles. The van der Waals surface area contributed by atoms with E-state index in [9.17, 15) is 4.79 Å². The second-order valence-electron chi connectivity index (χ2n) is 4.71. The summed E-state index contributed by atoms with van der Waals surface area (Å²) in [5.74, 6) is 0. The zero-order valence-corrected chi connectivity index (χ0v) is 11.0. The van der Waals surface area contributed by atoms with Crippen LogP contribution in [-0.4, -0.2) is 19.2 Å². The van der Waals surface area contributed by atoms with E-state index in [-0.39, 0.29) is 5.56 Å². The van der Waals surface area contributed by atoms with Gasteiger partial charge in [-0.15, -0.1) is 0 Å². The third-order valence-corrected chi connectivity index (χ3v) is 3.48. The van der Waals surface area contributed by atoms with Crippen molar-refractivity contribution in [2.75, 3.05) is 5.73 Å². The van der Waals surface area contributed by atoms with Crippen LogP contribution in [0.15, 0.2) is 59.8 Å². The predicted octanol–water partition coefficient (Wildman–Crippen LogP) is 1.62. The van der Waals surface area contributed by atoms with Crippen LogP contribution < -0.4 is 11.3 Å². The van der Waals surface area contributed by atoms with Gasteiger partial charge >= 0.3 is 0 Å². The highest BCUT2D eigenvalue weighted by Gasteiger charge is 2.10. The fourth-order valence-electron chi connectivity index (χ4n) is 2.46. The molecule has 0 aliphatic rings. The van der Waals surface area contributed by atoms with Crippen LogP contribution in [0.25, 0.3) is 22.2 Å². The third kappa shape index (κ3) is 1.62. The molecule has 0 bridgehead atoms. The fraction of sp³-hybridized carbons (Fsp3) is 0. The zero-order valence-electron chi connectivity index (χ0n) is 11.0. The van der Waals surface area contributed by atoms with E-state index in [1.165, 1.54) is 4.57 Å². The number of rotatable bonds is 1. The molecule has 0 saturated heterocycles. The lowest BCUT2D eigenvalue weighted by molar-refractivity contribution is 0.959. The molecule has 4 rings (SSSR count). The van der Waals surface area contributed by atoms with E-state index in [1.807, 2.05) is 24.3 Å². The summed E-state index contributed by atoms with van der Waals surface area (Å²) in [4.78, 5) is 16.9. The van der Waals surface area contributed by atoms with Crippen LogP contribution in [0.3, 0.4) is 0 Å². The molecule has 0 aliphatic heterocycles. The van der Waals surface area contributed by atoms with E-state index < -0.39 is 0 Å². The van der Waals surface area contributed by atoms with Gasteiger partial charge in [-0.25, -0.2) is 9.50 Å². The van der Waals surface area contributed by atoms with Gasteiger partial charge < -0.3 is 5.73 Å². The molecule has 1 aromatic carbocycles. The molecule has 0 aliphatic carbocycles. The molecule has 4 aromatic rings. The number of nitrogens with zero attached hydrogens (tertiary/aromatic N) is 4. The molecule has 102 valence electrons. The minimum Gasteiger partial charge on any atom is -0.397 e. The molecular weight excluding hydrogens is 266 g/mol. The van der Waals surface area contributed by atoms with Gasteiger partial charge in [0.1, 0.15) is 0 Å². The van der Waals surface area contributed by atoms with Crippen molar-refractivity contribution < 1.29 is 0 Å². The molecule has 3 aromatic heterocycles. The molecule has 3 heterocycles. The largest absolute Gasteiger partial charge is 0.397 e. The van der Waals surface area contributed by atoms with E-state index in [1.54, 1.807) is 35.2 Å². The van der Waals surface area contributed by atoms with E-state index in [0.717, 1.165) is 5.52 Å². The molecule has 6 heteroatoms. The SMILES string of the molecule is Nc1ccccc1-n1ccc2c(cnc3ccnn32)c1=O. The number of fused-ring (bicyclic) bond motifs is 3. The van der Waals surface area contributed by atoms with E-state index >= 15 is 0 Å². The normalized spacial score (nSPS) is 11.2. The number of hydrogen-bond donors (Lipinski definition) is 1. The van der Waals surface area contributed by atoms with Crippen molar-refractivity contribution in [3.05, 3.63) is 65.3 Å². The average Bonchev–Trinajstić information content (AvgIpc) is 2.97. The standard InChI is InChI=1S/C15H11N5O/c16-11-3-1-2-4-13(11)19-8-6-12-10(15(19)21)9-17-14-5-7-18-20(12)14/h1-9H,16H2. The van der Waals surface area contributed by atoms with Gasteiger partial charge in [0.15, 0.2) is 5.65 Å². The molecule has 21 heavy (non-hydrogen) atoms. The van der Waals surface area contributed by atoms with Gasteiger partial charge in [0.2, 0.25) is 0 Å². The van der Waals surface area contributed by atoms with Crippen molar-refractivity contribution in [1.29, 1.82) is 0 Å². The highest BCUT2D eigenvalue weighted by molar-refractivity contribution is 5.79. The first-order valence-corrected chi connectivity index (χ1v) is 6.45. The van der Waals surface area contributed by atoms with Crippen LogP contribution in [0.4, 0.5) is 5.69 Å². The first kappa shape index (κ1) is 11.7. The number of nitrogens with two attached hydrogens (primary N) is 1. The Hall–Kier alpha value is -3.15. The summed E-state index contributed by atoms with van der Waals surface area (Å²) in [5, 5.41) is 4.69. The van der Waals surface area contributed by atoms with Crippen molar-refractivity contribution in [3.8, 4) is 5.69 Å². The molecular formula is C15H11N5O. The van der Waals surface area contributed by atoms with Gasteiger partial charge in [-0.2, -0.15) is 5.10 Å². The minimum absolute atomic E-state index is 0.171. The van der Waals surface area contributed by atoms with Crippen LogP contribution >= 0.6 is 0 Å². The fourth-order valence-corrected chi connectivity index (χ4v) is 2.46. The van der Waals surface area contributed by atoms with Gasteiger partial charge in [-0.1, -0.05) is 12.1 Å². The maximum atomic E-state index is 12.7. The molecule has 0 unspecified atom stereocenters. The van der Waals surface area contributed by atoms with Gasteiger partial charge in [0, 0.05) is 18.5 Å². The van der Waals surface area contributed by atoms with Gasteiger partial charge in [-0.05, 0) is 18.2 Å². The Kier molecular flexibility index (Phi) is 2.32. The Morgan fingerprint density at radius 2 is 1.95 bits per heavy atom. The van der Waals surface area contributed by atoms with E-state index in [4.69, 9.17) is 5.73 Å². The maximum absolute atomic E-state index is 12.7. The van der Waals surface area contributed by atoms with Crippen LogP contribution in [0.2, 0.25) is 0 Å². The summed E-state index contributed by atoms with van der Waals surface area (Å²) in [6.07, 6.45) is 4.93. The second-order valence-corrected chi connectivity index (χ2v) is 4.71. The van der Waals surface area contributed by atoms with Crippen molar-refractivity contribution in [1.82, 2.24) is 19.2 Å². The van der Waals surface area contributed by atoms with E-state index in [2.05, 4.69) is 10.1 Å². The number of aromatic nitrogens is 4. The summed E-state index contributed by atoms with van der Waals surface area (Å²) in [6, 6.07) is 10.9. The van der Waals surface area contributed by atoms with Gasteiger partial charge in [0.25, 0.3) is 5.56 Å². The van der Waals surface area contributed by atoms with E-state index in [0.29, 0.717) is 22.4 Å². The van der Waals surface area contributed by atoms with Crippen LogP contribution in [0.1, 0.15) is 0 Å². The Labute approximate surface area is 119 Å². The van der Waals surface area contributed by atoms with Crippen molar-refractivity contribution in [2.24, 2.45) is 0 Å². The summed E-state index contributed by atoms with van der Waals surface area (Å²) in [7, 11) is 0. The zero-order chi connectivity index (χ0) is 14.4. The predicted molar refractivity (Wildman–Crippen MR) is 80.5 cm³/mol. The minimum atomic E-state index is -0.171. The Morgan fingerprint density at radius 1 is 1.10 bits per heavy atom. The topological polar surface area (TPSA) is 78.2 Å². The highest BCUT2D eigenvalue weighted by atomic mass is 16.1. The van der Waals surface area contributed by atoms with Crippen molar-refractivity contribution in [2.45, 2.75) is 0 Å². The quantitative estimate of drug-likeness (QED) is 0.536. The second kappa shape index (κ2) is 4.17. The molecule has 0 fully saturated rings. The Bertz CT molecular complexity index is 1030. The number of hydrogen-bond acceptors (Lipinski definition) is 4. The number of anilines is 1. The monoisotopic (exact) mass is 277 g/mol. The highest BCUT2D eigenvalue weighted by Crippen LogP contribution is 2.17. The summed E-state index contributed by atoms with van der Waals surface area (Å²) in [6.45, 7) is 0. The molecule has 0 amide bonds. The summed E-state index contributed by atoms with van der Waals surface area (Å²) in [5.41, 5.74) is 8.41.